The molecule has 2 amide bonds. The highest BCUT2D eigenvalue weighted by atomic mass is 35.5. The number of carbonyl (C=O) groups is 2. The number of nitrogens with one attached hydrogen (secondary N) is 1. The molecule has 0 aliphatic heterocycles. The van der Waals surface area contributed by atoms with Crippen molar-refractivity contribution in [3.63, 3.8) is 0 Å². The van der Waals surface area contributed by atoms with Gasteiger partial charge in [-0.25, -0.2) is 4.39 Å². The van der Waals surface area contributed by atoms with Crippen molar-refractivity contribution in [3.05, 3.63) is 52.8 Å². The van der Waals surface area contributed by atoms with Crippen molar-refractivity contribution in [2.75, 3.05) is 16.8 Å². The maximum absolute atomic E-state index is 14.3. The maximum atomic E-state index is 14.3. The van der Waals surface area contributed by atoms with E-state index in [0.29, 0.717) is 17.6 Å². The molecule has 0 heterocycles. The minimum absolute atomic E-state index is 0.204. The topological polar surface area (TPSA) is 105 Å². The number of nitrogens with zero attached hydrogens (tertiary/aromatic N) is 2. The van der Waals surface area contributed by atoms with E-state index in [1.807, 2.05) is 6.07 Å². The number of amides is 2. The third-order valence-electron chi connectivity index (χ3n) is 6.67. The Morgan fingerprint density at radius 1 is 1.05 bits per heavy atom. The van der Waals surface area contributed by atoms with Crippen LogP contribution >= 0.6 is 11.6 Å². The van der Waals surface area contributed by atoms with E-state index in [1.54, 1.807) is 12.1 Å². The summed E-state index contributed by atoms with van der Waals surface area (Å²) in [5, 5.41) is 3.14. The zero-order valence-corrected chi connectivity index (χ0v) is 25.4. The highest BCUT2D eigenvalue weighted by Crippen LogP contribution is 2.36. The first-order chi connectivity index (χ1) is 19.5. The quantitative estimate of drug-likeness (QED) is 0.312. The Morgan fingerprint density at radius 2 is 1.71 bits per heavy atom. The second-order valence-corrected chi connectivity index (χ2v) is 12.0. The number of rotatable bonds is 10. The van der Waals surface area contributed by atoms with Crippen LogP contribution in [0.2, 0.25) is 5.02 Å². The first kappa shape index (κ1) is 32.5. The first-order valence-corrected chi connectivity index (χ1v) is 15.6. The van der Waals surface area contributed by atoms with Crippen LogP contribution in [0.3, 0.4) is 0 Å². The van der Waals surface area contributed by atoms with E-state index in [0.717, 1.165) is 44.0 Å². The Bertz CT molecular complexity index is 1330. The van der Waals surface area contributed by atoms with Gasteiger partial charge in [0.2, 0.25) is 5.91 Å². The van der Waals surface area contributed by atoms with Gasteiger partial charge in [-0.3, -0.25) is 9.59 Å². The third-order valence-corrected chi connectivity index (χ3v) is 7.24. The molecule has 1 N–H and O–H groups in total. The second kappa shape index (κ2) is 15.9. The normalized spacial score (nSPS) is 15.3. The van der Waals surface area contributed by atoms with E-state index in [1.165, 1.54) is 44.7 Å². The molecule has 2 aliphatic rings. The lowest BCUT2D eigenvalue weighted by atomic mass is 9.93. The maximum Gasteiger partial charge on any atom is 0.319 e. The van der Waals surface area contributed by atoms with Crippen molar-refractivity contribution in [1.82, 2.24) is 0 Å². The van der Waals surface area contributed by atoms with Gasteiger partial charge in [0.1, 0.15) is 11.6 Å². The smallest absolute Gasteiger partial charge is 0.319 e. The molecule has 0 spiro atoms. The van der Waals surface area contributed by atoms with Crippen LogP contribution in [0.15, 0.2) is 40.8 Å². The highest BCUT2D eigenvalue weighted by Gasteiger charge is 2.26. The van der Waals surface area contributed by atoms with Gasteiger partial charge in [0.05, 0.1) is 17.8 Å². The molecule has 0 saturated heterocycles. The minimum atomic E-state index is -2.89. The van der Waals surface area contributed by atoms with Crippen molar-refractivity contribution in [2.24, 2.45) is 10.3 Å². The van der Waals surface area contributed by atoms with Crippen molar-refractivity contribution in [1.29, 1.82) is 0 Å². The molecule has 2 aliphatic carbocycles. The van der Waals surface area contributed by atoms with E-state index >= 15 is 0 Å². The molecule has 2 fully saturated rings. The number of halogens is 2. The average Bonchev–Trinajstić information content (AvgIpc) is 3.79. The molecule has 4 rings (SSSR count). The zero-order valence-electron chi connectivity index (χ0n) is 23.9. The van der Waals surface area contributed by atoms with Crippen LogP contribution in [-0.4, -0.2) is 38.9 Å². The van der Waals surface area contributed by atoms with E-state index in [4.69, 9.17) is 16.3 Å². The number of hydrogen-bond acceptors (Lipinski definition) is 6. The van der Waals surface area contributed by atoms with Gasteiger partial charge in [0.15, 0.2) is 6.10 Å². The first-order valence-electron chi connectivity index (χ1n) is 14.2. The molecule has 0 radical (unpaired) electrons. The van der Waals surface area contributed by atoms with E-state index in [-0.39, 0.29) is 22.8 Å². The molecular formula is C30H39ClFN3O5S. The molecule has 2 aromatic rings. The average molecular weight is 608 g/mol. The van der Waals surface area contributed by atoms with Crippen LogP contribution in [-0.2, 0) is 26.5 Å². The lowest BCUT2D eigenvalue weighted by Crippen LogP contribution is -2.40. The Morgan fingerprint density at radius 3 is 2.29 bits per heavy atom. The summed E-state index contributed by atoms with van der Waals surface area (Å²) in [4.78, 5) is 27.3. The summed E-state index contributed by atoms with van der Waals surface area (Å²) in [5.74, 6) is -1.34. The van der Waals surface area contributed by atoms with Crippen LogP contribution in [0, 0.1) is 11.7 Å². The monoisotopic (exact) mass is 607 g/mol. The summed E-state index contributed by atoms with van der Waals surface area (Å²) in [7, 11) is -2.89. The second-order valence-electron chi connectivity index (χ2n) is 10.9. The summed E-state index contributed by atoms with van der Waals surface area (Å²) in [5.41, 5.74) is 1.46. The molecule has 1 atom stereocenters. The summed E-state index contributed by atoms with van der Waals surface area (Å²) in [6.45, 7) is 6.42. The number of ether oxygens (including phenoxy) is 1. The summed E-state index contributed by atoms with van der Waals surface area (Å²) in [6, 6.07) is 9.56. The summed E-state index contributed by atoms with van der Waals surface area (Å²) >= 11 is 5.84. The van der Waals surface area contributed by atoms with Crippen molar-refractivity contribution < 1.29 is 27.1 Å². The fourth-order valence-corrected chi connectivity index (χ4v) is 5.06. The van der Waals surface area contributed by atoms with Crippen LogP contribution < -0.4 is 15.0 Å². The standard InChI is InChI=1S/C27H33ClFN3O5S.C3H6/c1-17(2)16-32(21-7-5-4-6-8-21)25-12-11-22(37-18(3)27(34)31-38(35)36)15-24(25)30-26(33)13-19-9-10-20(28)14-23(19)29;1-2-3-1/h9-12,14-15,17-18,21H,4-8,13,16H2,1-3H3,(H,30,33);1-3H2. The molecule has 2 aromatic carbocycles. The third kappa shape index (κ3) is 11.1. The summed E-state index contributed by atoms with van der Waals surface area (Å²) in [6.07, 6.45) is 8.66. The largest absolute Gasteiger partial charge is 0.481 e. The van der Waals surface area contributed by atoms with Crippen LogP contribution in [0.4, 0.5) is 15.8 Å². The number of anilines is 2. The van der Waals surface area contributed by atoms with Gasteiger partial charge in [-0.15, -0.1) is 0 Å². The van der Waals surface area contributed by atoms with Crippen molar-refractivity contribution in [2.45, 2.75) is 90.7 Å². The van der Waals surface area contributed by atoms with Gasteiger partial charge >= 0.3 is 16.4 Å². The number of benzene rings is 2. The highest BCUT2D eigenvalue weighted by molar-refractivity contribution is 7.62. The molecular weight excluding hydrogens is 569 g/mol. The van der Waals surface area contributed by atoms with Crippen LogP contribution in [0.1, 0.15) is 77.7 Å². The molecule has 8 nitrogen and oxygen atoms in total. The Hall–Kier alpha value is -2.98. The van der Waals surface area contributed by atoms with Crippen molar-refractivity contribution >= 4 is 45.3 Å². The van der Waals surface area contributed by atoms with Gasteiger partial charge in [-0.2, -0.15) is 8.42 Å². The predicted molar refractivity (Wildman–Crippen MR) is 160 cm³/mol. The number of hydrogen-bond donors (Lipinski definition) is 1. The fraction of sp³-hybridized carbons (Fsp3) is 0.533. The molecule has 1 unspecified atom stereocenters. The van der Waals surface area contributed by atoms with E-state index in [9.17, 15) is 22.4 Å². The number of carbonyl (C=O) groups excluding carboxylic acids is 2. The van der Waals surface area contributed by atoms with Gasteiger partial charge in [0, 0.05) is 23.7 Å². The van der Waals surface area contributed by atoms with Gasteiger partial charge < -0.3 is 15.0 Å². The molecule has 11 heteroatoms. The van der Waals surface area contributed by atoms with Gasteiger partial charge in [-0.05, 0) is 55.5 Å². The lowest BCUT2D eigenvalue weighted by Gasteiger charge is -2.38. The predicted octanol–water partition coefficient (Wildman–Crippen LogP) is 6.98. The lowest BCUT2D eigenvalue weighted by molar-refractivity contribution is -0.123. The van der Waals surface area contributed by atoms with Crippen LogP contribution in [0.5, 0.6) is 5.75 Å². The minimum Gasteiger partial charge on any atom is -0.481 e. The van der Waals surface area contributed by atoms with Gasteiger partial charge in [-0.1, -0.05) is 74.4 Å². The van der Waals surface area contributed by atoms with E-state index in [2.05, 4.69) is 28.4 Å². The summed E-state index contributed by atoms with van der Waals surface area (Å²) < 4.78 is 44.5. The van der Waals surface area contributed by atoms with Gasteiger partial charge in [0.25, 0.3) is 0 Å². The molecule has 41 heavy (non-hydrogen) atoms. The van der Waals surface area contributed by atoms with E-state index < -0.39 is 34.2 Å². The Kier molecular flexibility index (Phi) is 12.6. The van der Waals surface area contributed by atoms with Crippen LogP contribution in [0.25, 0.3) is 0 Å². The molecule has 0 bridgehead atoms. The Balaban J connectivity index is 0.00000144. The molecule has 2 saturated carbocycles. The SMILES string of the molecule is C1CC1.CC(C)CN(c1ccc(OC(C)C(=O)N=S(=O)=O)cc1NC(=O)Cc1ccc(Cl)cc1F)C1CCCCC1. The Labute approximate surface area is 248 Å². The molecule has 224 valence electrons. The van der Waals surface area contributed by atoms with Crippen molar-refractivity contribution in [3.8, 4) is 5.75 Å². The fourth-order valence-electron chi connectivity index (χ4n) is 4.60. The zero-order chi connectivity index (χ0) is 29.9. The molecule has 0 aromatic heterocycles.